The number of nitriles is 2. The fraction of sp³-hybridized carbons (Fsp3) is 0.529. The maximum Gasteiger partial charge on any atom is 0.234 e. The molecule has 1 amide bonds. The normalized spacial score (nSPS) is 21.5. The average Bonchev–Trinajstić information content (AvgIpc) is 3.22. The van der Waals surface area contributed by atoms with Crippen LogP contribution >= 0.6 is 0 Å². The van der Waals surface area contributed by atoms with E-state index in [1.54, 1.807) is 24.1 Å². The highest BCUT2D eigenvalue weighted by Gasteiger charge is 2.53. The van der Waals surface area contributed by atoms with E-state index in [2.05, 4.69) is 16.4 Å². The van der Waals surface area contributed by atoms with Crippen LogP contribution in [-0.4, -0.2) is 45.6 Å². The number of carbonyl (C=O) groups excluding carboxylic acids is 1. The molecule has 1 saturated carbocycles. The highest BCUT2D eigenvalue weighted by molar-refractivity contribution is 5.74. The van der Waals surface area contributed by atoms with Crippen molar-refractivity contribution in [3.63, 3.8) is 0 Å². The van der Waals surface area contributed by atoms with E-state index >= 15 is 0 Å². The summed E-state index contributed by atoms with van der Waals surface area (Å²) in [6.45, 7) is 2.89. The Bertz CT molecular complexity index is 697. The van der Waals surface area contributed by atoms with Crippen LogP contribution in [0.15, 0.2) is 18.3 Å². The van der Waals surface area contributed by atoms with Crippen molar-refractivity contribution in [2.75, 3.05) is 18.4 Å². The van der Waals surface area contributed by atoms with Gasteiger partial charge < -0.3 is 5.32 Å². The summed E-state index contributed by atoms with van der Waals surface area (Å²) in [5.41, 5.74) is 0.238. The first kappa shape index (κ1) is 16.2. The number of hydrogen-bond donors (Lipinski definition) is 1. The van der Waals surface area contributed by atoms with Crippen molar-refractivity contribution in [1.82, 2.24) is 15.0 Å². The zero-order valence-electron chi connectivity index (χ0n) is 13.7. The minimum absolute atomic E-state index is 0.0239. The standard InChI is InChI=1S/C17H20N6O/c1-13(24)23(22-8-2-3-15(22)10-19)17(6-7-17)12-21-16-5-4-14(9-18)11-20-16/h4-5,11,15H,2-3,6-8,12H2,1H3,(H,20,21)/t15-/m0/s1. The van der Waals surface area contributed by atoms with E-state index in [1.165, 1.54) is 6.20 Å². The highest BCUT2D eigenvalue weighted by atomic mass is 16.2. The minimum atomic E-state index is -0.277. The number of nitrogens with one attached hydrogen (secondary N) is 1. The molecular weight excluding hydrogens is 304 g/mol. The van der Waals surface area contributed by atoms with Crippen LogP contribution in [0.3, 0.4) is 0 Å². The topological polar surface area (TPSA) is 96.0 Å². The van der Waals surface area contributed by atoms with E-state index in [9.17, 15) is 10.1 Å². The second-order valence-corrected chi connectivity index (χ2v) is 6.40. The Morgan fingerprint density at radius 3 is 2.83 bits per heavy atom. The smallest absolute Gasteiger partial charge is 0.234 e. The molecule has 1 aromatic rings. The average molecular weight is 324 g/mol. The van der Waals surface area contributed by atoms with Crippen molar-refractivity contribution in [2.24, 2.45) is 0 Å². The predicted molar refractivity (Wildman–Crippen MR) is 87.3 cm³/mol. The Hall–Kier alpha value is -2.64. The second kappa shape index (κ2) is 6.46. The molecule has 124 valence electrons. The van der Waals surface area contributed by atoms with E-state index in [0.29, 0.717) is 17.9 Å². The molecule has 1 saturated heterocycles. The zero-order valence-corrected chi connectivity index (χ0v) is 13.7. The summed E-state index contributed by atoms with van der Waals surface area (Å²) in [7, 11) is 0. The maximum absolute atomic E-state index is 12.3. The number of hydrogen-bond acceptors (Lipinski definition) is 6. The molecular formula is C17H20N6O. The molecule has 0 spiro atoms. The SMILES string of the molecule is CC(=O)N(N1CCC[C@H]1C#N)C1(CNc2ccc(C#N)cn2)CC1. The van der Waals surface area contributed by atoms with E-state index in [1.807, 2.05) is 11.1 Å². The lowest BCUT2D eigenvalue weighted by Gasteiger charge is -2.39. The van der Waals surface area contributed by atoms with Crippen molar-refractivity contribution >= 4 is 11.7 Å². The van der Waals surface area contributed by atoms with Gasteiger partial charge in [-0.2, -0.15) is 10.5 Å². The summed E-state index contributed by atoms with van der Waals surface area (Å²) >= 11 is 0. The summed E-state index contributed by atoms with van der Waals surface area (Å²) in [4.78, 5) is 16.5. The third kappa shape index (κ3) is 3.04. The molecule has 1 N–H and O–H groups in total. The number of carbonyl (C=O) groups is 1. The number of anilines is 1. The summed E-state index contributed by atoms with van der Waals surface area (Å²) in [6, 6.07) is 7.60. The van der Waals surface area contributed by atoms with Crippen LogP contribution in [0.4, 0.5) is 5.82 Å². The van der Waals surface area contributed by atoms with E-state index in [0.717, 1.165) is 32.2 Å². The molecule has 7 nitrogen and oxygen atoms in total. The van der Waals surface area contributed by atoms with Gasteiger partial charge in [-0.25, -0.2) is 9.99 Å². The monoisotopic (exact) mass is 324 g/mol. The van der Waals surface area contributed by atoms with Crippen LogP contribution in [0.1, 0.15) is 38.2 Å². The van der Waals surface area contributed by atoms with Gasteiger partial charge in [0.2, 0.25) is 5.91 Å². The lowest BCUT2D eigenvalue weighted by molar-refractivity contribution is -0.154. The molecule has 1 atom stereocenters. The van der Waals surface area contributed by atoms with Gasteiger partial charge in [0, 0.05) is 26.2 Å². The summed E-state index contributed by atoms with van der Waals surface area (Å²) < 4.78 is 0. The fourth-order valence-electron chi connectivity index (χ4n) is 3.34. The highest BCUT2D eigenvalue weighted by Crippen LogP contribution is 2.44. The molecule has 0 unspecified atom stereocenters. The summed E-state index contributed by atoms with van der Waals surface area (Å²) in [5, 5.41) is 25.1. The lowest BCUT2D eigenvalue weighted by atomic mass is 10.2. The first-order valence-corrected chi connectivity index (χ1v) is 8.17. The molecule has 1 aliphatic carbocycles. The molecule has 2 fully saturated rings. The zero-order chi connectivity index (χ0) is 17.2. The Labute approximate surface area is 141 Å². The quantitative estimate of drug-likeness (QED) is 0.884. The first-order chi connectivity index (χ1) is 11.6. The Balaban J connectivity index is 1.72. The Morgan fingerprint density at radius 1 is 1.50 bits per heavy atom. The summed E-state index contributed by atoms with van der Waals surface area (Å²) in [5.74, 6) is 0.659. The van der Waals surface area contributed by atoms with Gasteiger partial charge in [-0.05, 0) is 37.8 Å². The van der Waals surface area contributed by atoms with Crippen molar-refractivity contribution < 1.29 is 4.79 Å². The van der Waals surface area contributed by atoms with Crippen LogP contribution in [0.2, 0.25) is 0 Å². The molecule has 0 radical (unpaired) electrons. The van der Waals surface area contributed by atoms with Crippen LogP contribution in [0, 0.1) is 22.7 Å². The number of hydrazine groups is 1. The minimum Gasteiger partial charge on any atom is -0.368 e. The molecule has 2 aliphatic rings. The van der Waals surface area contributed by atoms with E-state index in [-0.39, 0.29) is 17.5 Å². The van der Waals surface area contributed by atoms with Crippen molar-refractivity contribution in [1.29, 1.82) is 10.5 Å². The molecule has 3 rings (SSSR count). The van der Waals surface area contributed by atoms with Crippen molar-refractivity contribution in [3.8, 4) is 12.1 Å². The van der Waals surface area contributed by atoms with Gasteiger partial charge in [0.15, 0.2) is 0 Å². The third-order valence-electron chi connectivity index (χ3n) is 4.70. The molecule has 7 heteroatoms. The van der Waals surface area contributed by atoms with E-state index in [4.69, 9.17) is 5.26 Å². The van der Waals surface area contributed by atoms with Gasteiger partial charge in [0.25, 0.3) is 0 Å². The van der Waals surface area contributed by atoms with Gasteiger partial charge in [-0.3, -0.25) is 9.80 Å². The number of amides is 1. The van der Waals surface area contributed by atoms with Gasteiger partial charge in [-0.1, -0.05) is 0 Å². The van der Waals surface area contributed by atoms with Gasteiger partial charge in [-0.15, -0.1) is 0 Å². The summed E-state index contributed by atoms with van der Waals surface area (Å²) in [6.07, 6.45) is 5.08. The molecule has 1 aromatic heterocycles. The lowest BCUT2D eigenvalue weighted by Crippen LogP contribution is -2.56. The molecule has 0 bridgehead atoms. The Morgan fingerprint density at radius 2 is 2.29 bits per heavy atom. The third-order valence-corrected chi connectivity index (χ3v) is 4.70. The maximum atomic E-state index is 12.3. The molecule has 1 aliphatic heterocycles. The largest absolute Gasteiger partial charge is 0.368 e. The number of rotatable bonds is 5. The van der Waals surface area contributed by atoms with Crippen LogP contribution in [-0.2, 0) is 4.79 Å². The molecule has 0 aromatic carbocycles. The number of pyridine rings is 1. The number of nitrogens with zero attached hydrogens (tertiary/aromatic N) is 5. The fourth-order valence-corrected chi connectivity index (χ4v) is 3.34. The van der Waals surface area contributed by atoms with Gasteiger partial charge in [0.05, 0.1) is 17.2 Å². The molecule has 2 heterocycles. The Kier molecular flexibility index (Phi) is 4.37. The van der Waals surface area contributed by atoms with Crippen LogP contribution in [0.5, 0.6) is 0 Å². The van der Waals surface area contributed by atoms with Gasteiger partial charge >= 0.3 is 0 Å². The van der Waals surface area contributed by atoms with Crippen LogP contribution < -0.4 is 5.32 Å². The molecule has 24 heavy (non-hydrogen) atoms. The van der Waals surface area contributed by atoms with E-state index < -0.39 is 0 Å². The predicted octanol–water partition coefficient (Wildman–Crippen LogP) is 1.65. The van der Waals surface area contributed by atoms with Crippen molar-refractivity contribution in [3.05, 3.63) is 23.9 Å². The first-order valence-electron chi connectivity index (χ1n) is 8.17. The van der Waals surface area contributed by atoms with Gasteiger partial charge in [0.1, 0.15) is 17.9 Å². The van der Waals surface area contributed by atoms with Crippen molar-refractivity contribution in [2.45, 2.75) is 44.2 Å². The van der Waals surface area contributed by atoms with Crippen LogP contribution in [0.25, 0.3) is 0 Å². The second-order valence-electron chi connectivity index (χ2n) is 6.40. The number of aromatic nitrogens is 1.